The quantitative estimate of drug-likeness (QED) is 0.436. The van der Waals surface area contributed by atoms with Gasteiger partial charge in [0.05, 0.1) is 7.11 Å². The summed E-state index contributed by atoms with van der Waals surface area (Å²) in [5.41, 5.74) is -0.0990. The molecule has 0 saturated carbocycles. The Morgan fingerprint density at radius 1 is 1.50 bits per heavy atom. The van der Waals surface area contributed by atoms with Crippen molar-refractivity contribution in [3.05, 3.63) is 23.8 Å². The predicted molar refractivity (Wildman–Crippen MR) is 70.9 cm³/mol. The Morgan fingerprint density at radius 2 is 2.28 bits per heavy atom. The van der Waals surface area contributed by atoms with E-state index in [1.807, 2.05) is 6.08 Å². The second kappa shape index (κ2) is 7.03. The molecule has 0 fully saturated rings. The fraction of sp³-hybridized carbons (Fsp3) is 0.533. The molecule has 1 atom stereocenters. The summed E-state index contributed by atoms with van der Waals surface area (Å²) in [6.07, 6.45) is 8.93. The highest BCUT2D eigenvalue weighted by atomic mass is 16.5. The third-order valence-corrected chi connectivity index (χ3v) is 2.88. The molecule has 0 bridgehead atoms. The van der Waals surface area contributed by atoms with Gasteiger partial charge >= 0.3 is 5.97 Å². The number of carbonyl (C=O) groups is 1. The largest absolute Gasteiger partial charge is 0.466 e. The maximum absolute atomic E-state index is 11.5. The highest BCUT2D eigenvalue weighted by Crippen LogP contribution is 2.26. The topological polar surface area (TPSA) is 35.5 Å². The molecule has 98 valence electrons. The normalized spacial score (nSPS) is 21.8. The van der Waals surface area contributed by atoms with Crippen molar-refractivity contribution in [3.63, 3.8) is 0 Å². The Labute approximate surface area is 109 Å². The number of allylic oxidation sites excluding steroid dienone is 2. The van der Waals surface area contributed by atoms with Crippen molar-refractivity contribution in [2.45, 2.75) is 38.2 Å². The molecule has 1 aliphatic rings. The first-order valence-electron chi connectivity index (χ1n) is 6.19. The first-order chi connectivity index (χ1) is 8.67. The number of ether oxygens (including phenoxy) is 2. The first kappa shape index (κ1) is 14.5. The Morgan fingerprint density at radius 3 is 2.89 bits per heavy atom. The lowest BCUT2D eigenvalue weighted by Gasteiger charge is -2.26. The summed E-state index contributed by atoms with van der Waals surface area (Å²) in [4.78, 5) is 11.5. The van der Waals surface area contributed by atoms with Crippen molar-refractivity contribution in [1.82, 2.24) is 0 Å². The van der Waals surface area contributed by atoms with Gasteiger partial charge in [-0.05, 0) is 12.5 Å². The van der Waals surface area contributed by atoms with Crippen LogP contribution in [0.2, 0.25) is 0 Å². The van der Waals surface area contributed by atoms with Crippen LogP contribution >= 0.6 is 0 Å². The number of rotatable bonds is 4. The van der Waals surface area contributed by atoms with E-state index >= 15 is 0 Å². The average Bonchev–Trinajstić information content (AvgIpc) is 2.43. The molecule has 1 unspecified atom stereocenters. The lowest BCUT2D eigenvalue weighted by molar-refractivity contribution is -0.136. The van der Waals surface area contributed by atoms with Crippen molar-refractivity contribution in [2.24, 2.45) is 0 Å². The minimum Gasteiger partial charge on any atom is -0.466 e. The number of unbranched alkanes of at least 4 members (excludes halogenated alkanes) is 2. The molecule has 0 aliphatic heterocycles. The number of carbonyl (C=O) groups excluding carboxylic acids is 1. The molecule has 0 aromatic heterocycles. The SMILES string of the molecule is CCCCC#CC1(OC)C=CC=C(C(=O)OC)C1. The van der Waals surface area contributed by atoms with Gasteiger partial charge in [-0.25, -0.2) is 4.79 Å². The average molecular weight is 248 g/mol. The zero-order chi connectivity index (χ0) is 13.4. The summed E-state index contributed by atoms with van der Waals surface area (Å²) < 4.78 is 10.2. The molecule has 3 heteroatoms. The minimum absolute atomic E-state index is 0.323. The molecule has 0 spiro atoms. The summed E-state index contributed by atoms with van der Waals surface area (Å²) in [7, 11) is 2.99. The number of esters is 1. The van der Waals surface area contributed by atoms with E-state index in [9.17, 15) is 4.79 Å². The summed E-state index contributed by atoms with van der Waals surface area (Å²) in [6.45, 7) is 2.13. The molecule has 0 aromatic carbocycles. The lowest BCUT2D eigenvalue weighted by Crippen LogP contribution is -2.31. The molecule has 0 radical (unpaired) electrons. The molecule has 0 saturated heterocycles. The highest BCUT2D eigenvalue weighted by Gasteiger charge is 2.30. The van der Waals surface area contributed by atoms with Crippen LogP contribution in [0.5, 0.6) is 0 Å². The Bertz CT molecular complexity index is 409. The van der Waals surface area contributed by atoms with Crippen LogP contribution in [0.1, 0.15) is 32.6 Å². The van der Waals surface area contributed by atoms with Crippen molar-refractivity contribution in [3.8, 4) is 11.8 Å². The Balaban J connectivity index is 2.78. The van der Waals surface area contributed by atoms with Crippen LogP contribution < -0.4 is 0 Å². The number of hydrogen-bond acceptors (Lipinski definition) is 3. The van der Waals surface area contributed by atoms with Crippen LogP contribution in [-0.2, 0) is 14.3 Å². The second-order valence-electron chi connectivity index (χ2n) is 4.22. The van der Waals surface area contributed by atoms with Crippen molar-refractivity contribution < 1.29 is 14.3 Å². The van der Waals surface area contributed by atoms with E-state index in [0.29, 0.717) is 12.0 Å². The first-order valence-corrected chi connectivity index (χ1v) is 6.19. The monoisotopic (exact) mass is 248 g/mol. The standard InChI is InChI=1S/C15H20O3/c1-4-5-6-7-10-15(18-3)11-8-9-13(12-15)14(16)17-2/h8-9,11H,4-6,12H2,1-3H3. The Hall–Kier alpha value is -1.53. The van der Waals surface area contributed by atoms with Gasteiger partial charge in [0.25, 0.3) is 0 Å². The van der Waals surface area contributed by atoms with Crippen LogP contribution in [0, 0.1) is 11.8 Å². The molecule has 1 aliphatic carbocycles. The van der Waals surface area contributed by atoms with E-state index < -0.39 is 5.60 Å². The summed E-state index contributed by atoms with van der Waals surface area (Å²) >= 11 is 0. The molecule has 18 heavy (non-hydrogen) atoms. The smallest absolute Gasteiger partial charge is 0.333 e. The van der Waals surface area contributed by atoms with E-state index in [-0.39, 0.29) is 5.97 Å². The van der Waals surface area contributed by atoms with E-state index in [1.54, 1.807) is 19.3 Å². The van der Waals surface area contributed by atoms with Crippen LogP contribution in [-0.4, -0.2) is 25.8 Å². The van der Waals surface area contributed by atoms with Gasteiger partial charge < -0.3 is 9.47 Å². The maximum Gasteiger partial charge on any atom is 0.333 e. The van der Waals surface area contributed by atoms with Gasteiger partial charge in [0.15, 0.2) is 5.60 Å². The number of hydrogen-bond donors (Lipinski definition) is 0. The van der Waals surface area contributed by atoms with Gasteiger partial charge in [-0.1, -0.05) is 37.3 Å². The molecule has 3 nitrogen and oxygen atoms in total. The predicted octanol–water partition coefficient (Wildman–Crippen LogP) is 2.62. The molecular formula is C15H20O3. The van der Waals surface area contributed by atoms with Crippen LogP contribution in [0.4, 0.5) is 0 Å². The molecule has 0 amide bonds. The van der Waals surface area contributed by atoms with E-state index in [1.165, 1.54) is 7.11 Å². The van der Waals surface area contributed by atoms with E-state index in [0.717, 1.165) is 19.3 Å². The van der Waals surface area contributed by atoms with Gasteiger partial charge in [0.1, 0.15) is 0 Å². The molecule has 1 rings (SSSR count). The molecule has 0 heterocycles. The van der Waals surface area contributed by atoms with Gasteiger partial charge in [-0.15, -0.1) is 0 Å². The lowest BCUT2D eigenvalue weighted by atomic mass is 9.90. The summed E-state index contributed by atoms with van der Waals surface area (Å²) in [5.74, 6) is 5.92. The van der Waals surface area contributed by atoms with Crippen LogP contribution in [0.15, 0.2) is 23.8 Å². The summed E-state index contributed by atoms with van der Waals surface area (Å²) in [5, 5.41) is 0. The van der Waals surface area contributed by atoms with E-state index in [4.69, 9.17) is 9.47 Å². The fourth-order valence-corrected chi connectivity index (χ4v) is 1.75. The Kier molecular flexibility index (Phi) is 5.67. The van der Waals surface area contributed by atoms with Crippen molar-refractivity contribution in [1.29, 1.82) is 0 Å². The van der Waals surface area contributed by atoms with Gasteiger partial charge in [-0.3, -0.25) is 0 Å². The molecule has 0 aromatic rings. The highest BCUT2D eigenvalue weighted by molar-refractivity contribution is 5.89. The van der Waals surface area contributed by atoms with Gasteiger partial charge in [0, 0.05) is 25.5 Å². The summed E-state index contributed by atoms with van der Waals surface area (Å²) in [6, 6.07) is 0. The van der Waals surface area contributed by atoms with Crippen molar-refractivity contribution >= 4 is 5.97 Å². The van der Waals surface area contributed by atoms with Crippen LogP contribution in [0.25, 0.3) is 0 Å². The maximum atomic E-state index is 11.5. The number of methoxy groups -OCH3 is 2. The van der Waals surface area contributed by atoms with E-state index in [2.05, 4.69) is 18.8 Å². The fourth-order valence-electron chi connectivity index (χ4n) is 1.75. The minimum atomic E-state index is -0.688. The third-order valence-electron chi connectivity index (χ3n) is 2.88. The van der Waals surface area contributed by atoms with Crippen molar-refractivity contribution in [2.75, 3.05) is 14.2 Å². The molecular weight excluding hydrogens is 228 g/mol. The van der Waals surface area contributed by atoms with Crippen LogP contribution in [0.3, 0.4) is 0 Å². The third kappa shape index (κ3) is 3.75. The zero-order valence-corrected chi connectivity index (χ0v) is 11.3. The second-order valence-corrected chi connectivity index (χ2v) is 4.22. The van der Waals surface area contributed by atoms with Gasteiger partial charge in [-0.2, -0.15) is 0 Å². The molecule has 0 N–H and O–H groups in total. The zero-order valence-electron chi connectivity index (χ0n) is 11.3. The van der Waals surface area contributed by atoms with Gasteiger partial charge in [0.2, 0.25) is 0 Å².